The molecule has 1 rings (SSSR count). The molecule has 0 unspecified atom stereocenters. The average Bonchev–Trinajstić information content (AvgIpc) is 2.19. The van der Waals surface area contributed by atoms with Crippen LogP contribution in [-0.4, -0.2) is 16.7 Å². The lowest BCUT2D eigenvalue weighted by Gasteiger charge is -2.07. The Morgan fingerprint density at radius 2 is 2.38 bits per heavy atom. The van der Waals surface area contributed by atoms with Gasteiger partial charge in [0.05, 0.1) is 6.61 Å². The normalized spacial score (nSPS) is 13.4. The van der Waals surface area contributed by atoms with Crippen molar-refractivity contribution in [2.75, 3.05) is 6.61 Å². The molecule has 0 aromatic carbocycles. The second-order valence-electron chi connectivity index (χ2n) is 2.78. The first-order valence-electron chi connectivity index (χ1n) is 4.26. The Labute approximate surface area is 77.9 Å². The van der Waals surface area contributed by atoms with Crippen LogP contribution in [-0.2, 0) is 0 Å². The Morgan fingerprint density at radius 3 is 3.00 bits per heavy atom. The van der Waals surface area contributed by atoms with Crippen LogP contribution in [0.4, 0.5) is 0 Å². The Hall–Kier alpha value is -1.19. The number of aromatic nitrogens is 1. The van der Waals surface area contributed by atoms with Crippen molar-refractivity contribution in [1.29, 1.82) is 0 Å². The Balaban J connectivity index is 2.49. The van der Waals surface area contributed by atoms with Gasteiger partial charge in [0.15, 0.2) is 0 Å². The predicted molar refractivity (Wildman–Crippen MR) is 52.0 cm³/mol. The molecule has 0 aliphatic rings. The molecule has 0 aliphatic heterocycles. The molecule has 0 saturated heterocycles. The highest BCUT2D eigenvalue weighted by molar-refractivity contribution is 5.14. The highest BCUT2D eigenvalue weighted by Gasteiger charge is 2.01. The molecule has 70 valence electrons. The van der Waals surface area contributed by atoms with Crippen LogP contribution in [0.3, 0.4) is 0 Å². The number of aliphatic hydroxyl groups excluding tert-OH is 1. The molecule has 1 atom stereocenters. The topological polar surface area (TPSA) is 59.1 Å². The molecule has 13 heavy (non-hydrogen) atoms. The van der Waals surface area contributed by atoms with Crippen LogP contribution in [0.15, 0.2) is 36.7 Å². The molecule has 0 bridgehead atoms. The number of aliphatic hydroxyl groups is 1. The summed E-state index contributed by atoms with van der Waals surface area (Å²) in [6, 6.07) is 3.78. The summed E-state index contributed by atoms with van der Waals surface area (Å²) >= 11 is 0. The zero-order chi connectivity index (χ0) is 9.52. The molecule has 0 spiro atoms. The zero-order valence-corrected chi connectivity index (χ0v) is 7.43. The van der Waals surface area contributed by atoms with E-state index >= 15 is 0 Å². The van der Waals surface area contributed by atoms with Gasteiger partial charge in [-0.2, -0.15) is 0 Å². The molecule has 3 nitrogen and oxygen atoms in total. The molecular weight excluding hydrogens is 164 g/mol. The molecule has 0 amide bonds. The minimum absolute atomic E-state index is 0.0310. The third kappa shape index (κ3) is 3.36. The van der Waals surface area contributed by atoms with E-state index in [9.17, 15) is 0 Å². The second-order valence-corrected chi connectivity index (χ2v) is 2.78. The molecule has 0 saturated carbocycles. The summed E-state index contributed by atoms with van der Waals surface area (Å²) in [4.78, 5) is 3.98. The third-order valence-corrected chi connectivity index (χ3v) is 1.77. The number of rotatable bonds is 4. The van der Waals surface area contributed by atoms with Crippen LogP contribution in [0.5, 0.6) is 0 Å². The summed E-state index contributed by atoms with van der Waals surface area (Å²) in [6.07, 6.45) is 7.78. The van der Waals surface area contributed by atoms with Gasteiger partial charge >= 0.3 is 0 Å². The van der Waals surface area contributed by atoms with E-state index in [0.717, 1.165) is 12.0 Å². The Kier molecular flexibility index (Phi) is 4.15. The molecule has 1 aromatic rings. The summed E-state index contributed by atoms with van der Waals surface area (Å²) in [6.45, 7) is 0.0692. The number of nitrogens with zero attached hydrogens (tertiary/aromatic N) is 1. The van der Waals surface area contributed by atoms with E-state index in [0.29, 0.717) is 0 Å². The molecule has 0 radical (unpaired) electrons. The first-order chi connectivity index (χ1) is 6.34. The number of pyridine rings is 1. The molecule has 1 aromatic heterocycles. The van der Waals surface area contributed by atoms with Crippen molar-refractivity contribution in [3.05, 3.63) is 42.2 Å². The SMILES string of the molecule is N[C@@H](C/C=C\CO)c1cccnc1. The van der Waals surface area contributed by atoms with E-state index in [1.54, 1.807) is 18.5 Å². The van der Waals surface area contributed by atoms with Gasteiger partial charge in [-0.3, -0.25) is 4.98 Å². The summed E-state index contributed by atoms with van der Waals surface area (Å²) < 4.78 is 0. The van der Waals surface area contributed by atoms with Crippen LogP contribution in [0.1, 0.15) is 18.0 Å². The predicted octanol–water partition coefficient (Wildman–Crippen LogP) is 1.02. The molecule has 3 heteroatoms. The van der Waals surface area contributed by atoms with Crippen molar-refractivity contribution >= 4 is 0 Å². The first-order valence-corrected chi connectivity index (χ1v) is 4.26. The smallest absolute Gasteiger partial charge is 0.0612 e. The highest BCUT2D eigenvalue weighted by Crippen LogP contribution is 2.11. The van der Waals surface area contributed by atoms with Crippen molar-refractivity contribution in [3.8, 4) is 0 Å². The zero-order valence-electron chi connectivity index (χ0n) is 7.43. The number of nitrogens with two attached hydrogens (primary N) is 1. The van der Waals surface area contributed by atoms with Crippen molar-refractivity contribution in [2.45, 2.75) is 12.5 Å². The fourth-order valence-corrected chi connectivity index (χ4v) is 1.05. The lowest BCUT2D eigenvalue weighted by Crippen LogP contribution is -2.09. The molecular formula is C10H14N2O. The van der Waals surface area contributed by atoms with E-state index in [4.69, 9.17) is 10.8 Å². The van der Waals surface area contributed by atoms with Crippen LogP contribution in [0, 0.1) is 0 Å². The lowest BCUT2D eigenvalue weighted by atomic mass is 10.1. The van der Waals surface area contributed by atoms with Gasteiger partial charge in [0.1, 0.15) is 0 Å². The van der Waals surface area contributed by atoms with Crippen LogP contribution >= 0.6 is 0 Å². The van der Waals surface area contributed by atoms with Crippen LogP contribution in [0.2, 0.25) is 0 Å². The quantitative estimate of drug-likeness (QED) is 0.677. The maximum atomic E-state index is 8.51. The van der Waals surface area contributed by atoms with Gasteiger partial charge in [0.2, 0.25) is 0 Å². The van der Waals surface area contributed by atoms with Gasteiger partial charge < -0.3 is 10.8 Å². The molecule has 1 heterocycles. The molecule has 3 N–H and O–H groups in total. The fourth-order valence-electron chi connectivity index (χ4n) is 1.05. The van der Waals surface area contributed by atoms with Gasteiger partial charge in [-0.05, 0) is 18.1 Å². The molecule has 0 aliphatic carbocycles. The average molecular weight is 178 g/mol. The van der Waals surface area contributed by atoms with Crippen molar-refractivity contribution in [3.63, 3.8) is 0 Å². The van der Waals surface area contributed by atoms with Crippen molar-refractivity contribution in [2.24, 2.45) is 5.73 Å². The van der Waals surface area contributed by atoms with Crippen molar-refractivity contribution < 1.29 is 5.11 Å². The van der Waals surface area contributed by atoms with Gasteiger partial charge in [-0.1, -0.05) is 18.2 Å². The van der Waals surface area contributed by atoms with Gasteiger partial charge in [-0.25, -0.2) is 0 Å². The summed E-state index contributed by atoms with van der Waals surface area (Å²) in [5.41, 5.74) is 6.88. The van der Waals surface area contributed by atoms with E-state index in [1.807, 2.05) is 18.2 Å². The Morgan fingerprint density at radius 1 is 1.54 bits per heavy atom. The lowest BCUT2D eigenvalue weighted by molar-refractivity contribution is 0.342. The summed E-state index contributed by atoms with van der Waals surface area (Å²) in [7, 11) is 0. The monoisotopic (exact) mass is 178 g/mol. The fraction of sp³-hybridized carbons (Fsp3) is 0.300. The molecule has 0 fully saturated rings. The third-order valence-electron chi connectivity index (χ3n) is 1.77. The minimum Gasteiger partial charge on any atom is -0.392 e. The van der Waals surface area contributed by atoms with Crippen LogP contribution < -0.4 is 5.73 Å². The van der Waals surface area contributed by atoms with Gasteiger partial charge in [0, 0.05) is 18.4 Å². The van der Waals surface area contributed by atoms with E-state index < -0.39 is 0 Å². The van der Waals surface area contributed by atoms with Crippen molar-refractivity contribution in [1.82, 2.24) is 4.98 Å². The van der Waals surface area contributed by atoms with E-state index in [-0.39, 0.29) is 12.6 Å². The number of hydrogen-bond acceptors (Lipinski definition) is 3. The maximum Gasteiger partial charge on any atom is 0.0612 e. The van der Waals surface area contributed by atoms with Gasteiger partial charge in [0.25, 0.3) is 0 Å². The Bertz CT molecular complexity index is 259. The first kappa shape index (κ1) is 9.89. The highest BCUT2D eigenvalue weighted by atomic mass is 16.2. The minimum atomic E-state index is -0.0310. The number of hydrogen-bond donors (Lipinski definition) is 2. The summed E-state index contributed by atoms with van der Waals surface area (Å²) in [5.74, 6) is 0. The largest absolute Gasteiger partial charge is 0.392 e. The summed E-state index contributed by atoms with van der Waals surface area (Å²) in [5, 5.41) is 8.51. The van der Waals surface area contributed by atoms with Crippen LogP contribution in [0.25, 0.3) is 0 Å². The van der Waals surface area contributed by atoms with Gasteiger partial charge in [-0.15, -0.1) is 0 Å². The standard InChI is InChI=1S/C10H14N2O/c11-10(5-1-2-7-13)9-4-3-6-12-8-9/h1-4,6,8,10,13H,5,7,11H2/b2-1-/t10-/m0/s1. The van der Waals surface area contributed by atoms with E-state index in [1.165, 1.54) is 0 Å². The maximum absolute atomic E-state index is 8.51. The second kappa shape index (κ2) is 5.45. The van der Waals surface area contributed by atoms with E-state index in [2.05, 4.69) is 4.98 Å².